The van der Waals surface area contributed by atoms with E-state index >= 15 is 0 Å². The molecule has 1 aromatic heterocycles. The first kappa shape index (κ1) is 13.6. The van der Waals surface area contributed by atoms with Crippen LogP contribution in [0, 0.1) is 0 Å². The Hall–Kier alpha value is -0.840. The fraction of sp³-hybridized carbons (Fsp3) is 0.615. The molecule has 1 saturated carbocycles. The van der Waals surface area contributed by atoms with Crippen molar-refractivity contribution in [2.45, 2.75) is 44.4 Å². The van der Waals surface area contributed by atoms with Gasteiger partial charge in [-0.3, -0.25) is 0 Å². The first-order valence-corrected chi connectivity index (χ1v) is 6.64. The third-order valence-corrected chi connectivity index (χ3v) is 3.56. The highest BCUT2D eigenvalue weighted by Crippen LogP contribution is 2.28. The molecule has 0 aromatic carbocycles. The van der Waals surface area contributed by atoms with Crippen LogP contribution in [0.2, 0.25) is 5.02 Å². The van der Waals surface area contributed by atoms with Crippen LogP contribution in [0.25, 0.3) is 0 Å². The second kappa shape index (κ2) is 6.36. The number of rotatable bonds is 4. The molecule has 1 aliphatic carbocycles. The summed E-state index contributed by atoms with van der Waals surface area (Å²) >= 11 is 6.12. The Labute approximate surface area is 112 Å². The molecular formula is C13H19ClN2O2. The summed E-state index contributed by atoms with van der Waals surface area (Å²) < 4.78 is 11.2. The monoisotopic (exact) mass is 270 g/mol. The van der Waals surface area contributed by atoms with E-state index in [4.69, 9.17) is 26.8 Å². The van der Waals surface area contributed by atoms with Gasteiger partial charge in [0.05, 0.1) is 6.10 Å². The fourth-order valence-electron chi connectivity index (χ4n) is 2.24. The first-order valence-electron chi connectivity index (χ1n) is 6.27. The van der Waals surface area contributed by atoms with Crippen molar-refractivity contribution in [2.75, 3.05) is 7.11 Å². The smallest absolute Gasteiger partial charge is 0.232 e. The number of aromatic nitrogens is 1. The lowest BCUT2D eigenvalue weighted by molar-refractivity contribution is 0.0195. The van der Waals surface area contributed by atoms with Gasteiger partial charge in [0.2, 0.25) is 5.88 Å². The van der Waals surface area contributed by atoms with Crippen molar-refractivity contribution < 1.29 is 9.47 Å². The predicted molar refractivity (Wildman–Crippen MR) is 70.8 cm³/mol. The molecular weight excluding hydrogens is 252 g/mol. The van der Waals surface area contributed by atoms with E-state index in [1.165, 1.54) is 0 Å². The van der Waals surface area contributed by atoms with E-state index in [1.807, 2.05) is 0 Å². The highest BCUT2D eigenvalue weighted by molar-refractivity contribution is 6.31. The van der Waals surface area contributed by atoms with Crippen molar-refractivity contribution in [2.24, 2.45) is 5.73 Å². The maximum absolute atomic E-state index is 6.12. The zero-order chi connectivity index (χ0) is 13.0. The number of hydrogen-bond acceptors (Lipinski definition) is 4. The van der Waals surface area contributed by atoms with Crippen LogP contribution < -0.4 is 10.5 Å². The molecule has 0 spiro atoms. The molecule has 2 rings (SSSR count). The Kier molecular flexibility index (Phi) is 4.80. The third kappa shape index (κ3) is 3.34. The Balaban J connectivity index is 2.00. The Bertz CT molecular complexity index is 401. The van der Waals surface area contributed by atoms with Gasteiger partial charge in [-0.05, 0) is 30.9 Å². The average Bonchev–Trinajstić information content (AvgIpc) is 2.41. The van der Waals surface area contributed by atoms with E-state index in [1.54, 1.807) is 19.4 Å². The normalized spacial score (nSPS) is 23.9. The average molecular weight is 271 g/mol. The lowest BCUT2D eigenvalue weighted by Gasteiger charge is -2.28. The van der Waals surface area contributed by atoms with Crippen LogP contribution in [0.3, 0.4) is 0 Å². The zero-order valence-corrected chi connectivity index (χ0v) is 11.3. The second-order valence-corrected chi connectivity index (χ2v) is 5.01. The summed E-state index contributed by atoms with van der Waals surface area (Å²) in [7, 11) is 1.74. The number of nitrogens with zero attached hydrogens (tertiary/aromatic N) is 1. The molecule has 0 saturated heterocycles. The second-order valence-electron chi connectivity index (χ2n) is 4.60. The molecule has 2 unspecified atom stereocenters. The maximum Gasteiger partial charge on any atom is 0.232 e. The standard InChI is InChI=1S/C13H19ClN2O2/c1-17-10-3-2-4-11(6-10)18-13-12(14)5-9(7-15)8-16-13/h5,8,10-11H,2-4,6-7,15H2,1H3. The third-order valence-electron chi connectivity index (χ3n) is 3.29. The summed E-state index contributed by atoms with van der Waals surface area (Å²) in [6.45, 7) is 0.433. The summed E-state index contributed by atoms with van der Waals surface area (Å²) in [5, 5.41) is 0.525. The number of nitrogens with two attached hydrogens (primary N) is 1. The molecule has 4 nitrogen and oxygen atoms in total. The molecule has 1 aromatic rings. The van der Waals surface area contributed by atoms with E-state index in [0.717, 1.165) is 31.2 Å². The molecule has 2 N–H and O–H groups in total. The van der Waals surface area contributed by atoms with Crippen molar-refractivity contribution >= 4 is 11.6 Å². The molecule has 0 radical (unpaired) electrons. The molecule has 1 fully saturated rings. The first-order chi connectivity index (χ1) is 8.72. The summed E-state index contributed by atoms with van der Waals surface area (Å²) in [6.07, 6.45) is 6.26. The van der Waals surface area contributed by atoms with Crippen LogP contribution in [0.4, 0.5) is 0 Å². The number of ether oxygens (including phenoxy) is 2. The van der Waals surface area contributed by atoms with E-state index in [9.17, 15) is 0 Å². The highest BCUT2D eigenvalue weighted by Gasteiger charge is 2.24. The minimum atomic E-state index is 0.137. The van der Waals surface area contributed by atoms with Crippen LogP contribution in [0.1, 0.15) is 31.2 Å². The Morgan fingerprint density at radius 1 is 1.44 bits per heavy atom. The maximum atomic E-state index is 6.12. The van der Waals surface area contributed by atoms with Gasteiger partial charge in [0, 0.05) is 26.3 Å². The Morgan fingerprint density at radius 3 is 2.89 bits per heavy atom. The number of halogens is 1. The van der Waals surface area contributed by atoms with Crippen molar-refractivity contribution in [3.8, 4) is 5.88 Å². The molecule has 100 valence electrons. The minimum absolute atomic E-state index is 0.137. The van der Waals surface area contributed by atoms with Crippen LogP contribution in [0.15, 0.2) is 12.3 Å². The SMILES string of the molecule is COC1CCCC(Oc2ncc(CN)cc2Cl)C1. The topological polar surface area (TPSA) is 57.4 Å². The van der Waals surface area contributed by atoms with Gasteiger partial charge in [-0.2, -0.15) is 0 Å². The van der Waals surface area contributed by atoms with Gasteiger partial charge in [-0.15, -0.1) is 0 Å². The Morgan fingerprint density at radius 2 is 2.22 bits per heavy atom. The van der Waals surface area contributed by atoms with Gasteiger partial charge >= 0.3 is 0 Å². The summed E-state index contributed by atoms with van der Waals surface area (Å²) in [4.78, 5) is 4.22. The molecule has 1 aliphatic rings. The van der Waals surface area contributed by atoms with E-state index < -0.39 is 0 Å². The van der Waals surface area contributed by atoms with Crippen LogP contribution in [0.5, 0.6) is 5.88 Å². The zero-order valence-electron chi connectivity index (χ0n) is 10.6. The lowest BCUT2D eigenvalue weighted by Crippen LogP contribution is -2.29. The molecule has 0 amide bonds. The van der Waals surface area contributed by atoms with Gasteiger partial charge in [0.1, 0.15) is 11.1 Å². The van der Waals surface area contributed by atoms with E-state index in [-0.39, 0.29) is 12.2 Å². The summed E-state index contributed by atoms with van der Waals surface area (Å²) in [5.41, 5.74) is 6.44. The molecule has 0 aliphatic heterocycles. The quantitative estimate of drug-likeness (QED) is 0.913. The van der Waals surface area contributed by atoms with Crippen molar-refractivity contribution in [1.82, 2.24) is 4.98 Å². The number of methoxy groups -OCH3 is 1. The van der Waals surface area contributed by atoms with Crippen LogP contribution in [-0.4, -0.2) is 24.3 Å². The van der Waals surface area contributed by atoms with Crippen molar-refractivity contribution in [3.05, 3.63) is 22.8 Å². The van der Waals surface area contributed by atoms with Crippen molar-refractivity contribution in [1.29, 1.82) is 0 Å². The van der Waals surface area contributed by atoms with Crippen LogP contribution in [-0.2, 0) is 11.3 Å². The predicted octanol–water partition coefficient (Wildman–Crippen LogP) is 2.53. The van der Waals surface area contributed by atoms with Crippen molar-refractivity contribution in [3.63, 3.8) is 0 Å². The lowest BCUT2D eigenvalue weighted by atomic mass is 9.95. The van der Waals surface area contributed by atoms with Gasteiger partial charge in [0.15, 0.2) is 0 Å². The van der Waals surface area contributed by atoms with Gasteiger partial charge in [0.25, 0.3) is 0 Å². The molecule has 5 heteroatoms. The fourth-order valence-corrected chi connectivity index (χ4v) is 2.48. The molecule has 0 bridgehead atoms. The minimum Gasteiger partial charge on any atom is -0.473 e. The van der Waals surface area contributed by atoms with Gasteiger partial charge in [-0.1, -0.05) is 11.6 Å². The van der Waals surface area contributed by atoms with Crippen LogP contribution >= 0.6 is 11.6 Å². The number of hydrogen-bond donors (Lipinski definition) is 1. The van der Waals surface area contributed by atoms with Gasteiger partial charge in [-0.25, -0.2) is 4.98 Å². The molecule has 18 heavy (non-hydrogen) atoms. The number of pyridine rings is 1. The summed E-state index contributed by atoms with van der Waals surface area (Å²) in [6, 6.07) is 1.81. The van der Waals surface area contributed by atoms with Gasteiger partial charge < -0.3 is 15.2 Å². The van der Waals surface area contributed by atoms with E-state index in [2.05, 4.69) is 4.98 Å². The largest absolute Gasteiger partial charge is 0.473 e. The summed E-state index contributed by atoms with van der Waals surface area (Å²) in [5.74, 6) is 0.496. The highest BCUT2D eigenvalue weighted by atomic mass is 35.5. The molecule has 2 atom stereocenters. The van der Waals surface area contributed by atoms with E-state index in [0.29, 0.717) is 17.4 Å². The molecule has 1 heterocycles.